The molecule has 3 heterocycles. The van der Waals surface area contributed by atoms with Gasteiger partial charge in [-0.15, -0.1) is 5.10 Å². The molecule has 0 aliphatic carbocycles. The van der Waals surface area contributed by atoms with Crippen LogP contribution >= 0.6 is 0 Å². The van der Waals surface area contributed by atoms with E-state index < -0.39 is 0 Å². The Morgan fingerprint density at radius 2 is 2.05 bits per heavy atom. The number of aryl methyl sites for hydroxylation is 1. The molecule has 0 bridgehead atoms. The molecule has 0 atom stereocenters. The lowest BCUT2D eigenvalue weighted by Crippen LogP contribution is -2.44. The van der Waals surface area contributed by atoms with Gasteiger partial charge >= 0.3 is 0 Å². The van der Waals surface area contributed by atoms with Crippen molar-refractivity contribution in [3.05, 3.63) is 53.9 Å². The zero-order valence-electron chi connectivity index (χ0n) is 12.3. The molecule has 3 aromatic rings. The minimum atomic E-state index is 0.338. The highest BCUT2D eigenvalue weighted by Gasteiger charge is 2.32. The Labute approximate surface area is 127 Å². The number of hydrogen-bond acceptors (Lipinski definition) is 6. The van der Waals surface area contributed by atoms with Gasteiger partial charge in [-0.1, -0.05) is 28.6 Å². The molecule has 1 fully saturated rings. The molecule has 7 heteroatoms. The minimum Gasteiger partial charge on any atom is -0.339 e. The van der Waals surface area contributed by atoms with E-state index in [9.17, 15) is 0 Å². The molecule has 1 aliphatic rings. The van der Waals surface area contributed by atoms with Crippen molar-refractivity contribution in [2.75, 3.05) is 13.1 Å². The van der Waals surface area contributed by atoms with Crippen LogP contribution in [-0.4, -0.2) is 43.1 Å². The first kappa shape index (κ1) is 13.1. The fourth-order valence-corrected chi connectivity index (χ4v) is 2.64. The molecule has 0 saturated carbocycles. The maximum Gasteiger partial charge on any atom is 0.232 e. The Morgan fingerprint density at radius 1 is 1.23 bits per heavy atom. The minimum absolute atomic E-state index is 0.338. The van der Waals surface area contributed by atoms with Crippen LogP contribution in [0.4, 0.5) is 0 Å². The first-order valence-corrected chi connectivity index (χ1v) is 7.27. The first-order valence-electron chi connectivity index (χ1n) is 7.27. The lowest BCUT2D eigenvalue weighted by Gasteiger charge is -2.36. The third-order valence-electron chi connectivity index (χ3n) is 3.80. The van der Waals surface area contributed by atoms with Crippen LogP contribution in [0.2, 0.25) is 0 Å². The van der Waals surface area contributed by atoms with E-state index in [2.05, 4.69) is 25.4 Å². The van der Waals surface area contributed by atoms with E-state index in [1.54, 1.807) is 4.68 Å². The van der Waals surface area contributed by atoms with Crippen LogP contribution in [0.25, 0.3) is 5.69 Å². The van der Waals surface area contributed by atoms with Crippen LogP contribution in [0.1, 0.15) is 23.3 Å². The first-order chi connectivity index (χ1) is 10.8. The molecule has 22 heavy (non-hydrogen) atoms. The SMILES string of the molecule is Cc1noc(C2CN(Cc3cn(-c4ccccc4)nn3)C2)n1. The van der Waals surface area contributed by atoms with Crippen molar-refractivity contribution >= 4 is 0 Å². The van der Waals surface area contributed by atoms with Crippen LogP contribution < -0.4 is 0 Å². The van der Waals surface area contributed by atoms with Crippen LogP contribution in [-0.2, 0) is 6.54 Å². The summed E-state index contributed by atoms with van der Waals surface area (Å²) in [6.45, 7) is 4.46. The Morgan fingerprint density at radius 3 is 2.77 bits per heavy atom. The summed E-state index contributed by atoms with van der Waals surface area (Å²) in [5.74, 6) is 1.77. The van der Waals surface area contributed by atoms with E-state index in [4.69, 9.17) is 4.52 Å². The fourth-order valence-electron chi connectivity index (χ4n) is 2.64. The number of likely N-dealkylation sites (tertiary alicyclic amines) is 1. The van der Waals surface area contributed by atoms with Gasteiger partial charge in [0.05, 0.1) is 23.5 Å². The van der Waals surface area contributed by atoms with E-state index in [1.165, 1.54) is 0 Å². The van der Waals surface area contributed by atoms with Crippen molar-refractivity contribution in [1.29, 1.82) is 0 Å². The molecule has 4 rings (SSSR count). The standard InChI is InChI=1S/C15H16N6O/c1-11-16-15(22-18-11)12-7-20(8-12)9-13-10-21(19-17-13)14-5-3-2-4-6-14/h2-6,10,12H,7-9H2,1H3. The maximum absolute atomic E-state index is 5.21. The van der Waals surface area contributed by atoms with Gasteiger partial charge in [0.25, 0.3) is 0 Å². The van der Waals surface area contributed by atoms with E-state index in [0.29, 0.717) is 11.7 Å². The van der Waals surface area contributed by atoms with Crippen molar-refractivity contribution < 1.29 is 4.52 Å². The van der Waals surface area contributed by atoms with Gasteiger partial charge in [-0.25, -0.2) is 4.68 Å². The van der Waals surface area contributed by atoms with Crippen molar-refractivity contribution in [3.8, 4) is 5.69 Å². The summed E-state index contributed by atoms with van der Waals surface area (Å²) in [6, 6.07) is 9.99. The summed E-state index contributed by atoms with van der Waals surface area (Å²) >= 11 is 0. The molecule has 7 nitrogen and oxygen atoms in total. The summed E-state index contributed by atoms with van der Waals surface area (Å²) in [5.41, 5.74) is 1.98. The second-order valence-corrected chi connectivity index (χ2v) is 5.56. The molecule has 0 unspecified atom stereocenters. The highest BCUT2D eigenvalue weighted by atomic mass is 16.5. The molecule has 1 aliphatic heterocycles. The van der Waals surface area contributed by atoms with Gasteiger partial charge in [-0.3, -0.25) is 4.90 Å². The zero-order valence-corrected chi connectivity index (χ0v) is 12.3. The molecule has 0 spiro atoms. The smallest absolute Gasteiger partial charge is 0.232 e. The van der Waals surface area contributed by atoms with Gasteiger partial charge in [0, 0.05) is 19.6 Å². The molecule has 0 N–H and O–H groups in total. The topological polar surface area (TPSA) is 72.9 Å². The van der Waals surface area contributed by atoms with Crippen molar-refractivity contribution in [2.45, 2.75) is 19.4 Å². The average Bonchev–Trinajstić information content (AvgIpc) is 3.12. The lowest BCUT2D eigenvalue weighted by atomic mass is 10.00. The highest BCUT2D eigenvalue weighted by molar-refractivity contribution is 5.29. The molecule has 0 amide bonds. The Bertz CT molecular complexity index is 759. The third-order valence-corrected chi connectivity index (χ3v) is 3.80. The van der Waals surface area contributed by atoms with Gasteiger partial charge in [-0.05, 0) is 19.1 Å². The normalized spacial score (nSPS) is 15.9. The van der Waals surface area contributed by atoms with Gasteiger partial charge in [-0.2, -0.15) is 4.98 Å². The number of rotatable bonds is 4. The molecule has 1 saturated heterocycles. The van der Waals surface area contributed by atoms with E-state index in [1.807, 2.05) is 43.5 Å². The predicted molar refractivity (Wildman–Crippen MR) is 78.4 cm³/mol. The average molecular weight is 296 g/mol. The molecule has 1 aromatic carbocycles. The van der Waals surface area contributed by atoms with E-state index in [0.717, 1.165) is 36.9 Å². The number of benzene rings is 1. The van der Waals surface area contributed by atoms with E-state index >= 15 is 0 Å². The largest absolute Gasteiger partial charge is 0.339 e. The van der Waals surface area contributed by atoms with Crippen LogP contribution in [0.15, 0.2) is 41.1 Å². The molecule has 2 aromatic heterocycles. The Hall–Kier alpha value is -2.54. The molecule has 112 valence electrons. The monoisotopic (exact) mass is 296 g/mol. The Balaban J connectivity index is 1.37. The number of para-hydroxylation sites is 1. The third kappa shape index (κ3) is 2.50. The predicted octanol–water partition coefficient (Wildman–Crippen LogP) is 1.56. The van der Waals surface area contributed by atoms with Crippen molar-refractivity contribution in [2.24, 2.45) is 0 Å². The quantitative estimate of drug-likeness (QED) is 0.727. The number of nitrogens with zero attached hydrogens (tertiary/aromatic N) is 6. The van der Waals surface area contributed by atoms with Gasteiger partial charge < -0.3 is 4.52 Å². The fraction of sp³-hybridized carbons (Fsp3) is 0.333. The van der Waals surface area contributed by atoms with E-state index in [-0.39, 0.29) is 0 Å². The second-order valence-electron chi connectivity index (χ2n) is 5.56. The summed E-state index contributed by atoms with van der Waals surface area (Å²) in [7, 11) is 0. The number of aromatic nitrogens is 5. The molecule has 0 radical (unpaired) electrons. The number of hydrogen-bond donors (Lipinski definition) is 0. The zero-order chi connectivity index (χ0) is 14.9. The van der Waals surface area contributed by atoms with Crippen LogP contribution in [0.5, 0.6) is 0 Å². The second kappa shape index (κ2) is 5.34. The highest BCUT2D eigenvalue weighted by Crippen LogP contribution is 2.26. The van der Waals surface area contributed by atoms with Gasteiger partial charge in [0.1, 0.15) is 0 Å². The summed E-state index contributed by atoms with van der Waals surface area (Å²) in [6.07, 6.45) is 1.97. The van der Waals surface area contributed by atoms with Gasteiger partial charge in [0.15, 0.2) is 5.82 Å². The summed E-state index contributed by atoms with van der Waals surface area (Å²) in [4.78, 5) is 6.58. The Kier molecular flexibility index (Phi) is 3.19. The van der Waals surface area contributed by atoms with Crippen molar-refractivity contribution in [1.82, 2.24) is 30.0 Å². The lowest BCUT2D eigenvalue weighted by molar-refractivity contribution is 0.116. The van der Waals surface area contributed by atoms with Crippen LogP contribution in [0.3, 0.4) is 0 Å². The molecular formula is C15H16N6O. The summed E-state index contributed by atoms with van der Waals surface area (Å²) < 4.78 is 7.01. The maximum atomic E-state index is 5.21. The van der Waals surface area contributed by atoms with Crippen molar-refractivity contribution in [3.63, 3.8) is 0 Å². The summed E-state index contributed by atoms with van der Waals surface area (Å²) in [5, 5.41) is 12.2. The van der Waals surface area contributed by atoms with Crippen LogP contribution in [0, 0.1) is 6.92 Å². The van der Waals surface area contributed by atoms with Gasteiger partial charge in [0.2, 0.25) is 5.89 Å². The molecular weight excluding hydrogens is 280 g/mol.